The molecule has 1 amide bonds. The van der Waals surface area contributed by atoms with Crippen LogP contribution in [0.2, 0.25) is 5.02 Å². The number of hydrogen-bond acceptors (Lipinski definition) is 4. The van der Waals surface area contributed by atoms with Crippen LogP contribution in [0.3, 0.4) is 0 Å². The standard InChI is InChI=1S/C20H21ClN2O4S/c1-14-4-2-7-18(9-8-14)28(26,27)23-13-17(24)11-19(23)20(25)22-12-15-5-3-6-16(21)10-15/h3,5-6,8-10,17,19,24H,4,11-13H2,1H3,(H,22,25)/t17-,19+/m1/s1. The Kier molecular flexibility index (Phi) is 6.26. The number of benzene rings is 1. The van der Waals surface area contributed by atoms with E-state index in [2.05, 4.69) is 17.2 Å². The molecule has 0 spiro atoms. The Bertz CT molecular complexity index is 1000. The largest absolute Gasteiger partial charge is 0.392 e. The van der Waals surface area contributed by atoms with Crippen LogP contribution in [0, 0.1) is 11.8 Å². The van der Waals surface area contributed by atoms with E-state index in [0.29, 0.717) is 11.4 Å². The minimum Gasteiger partial charge on any atom is -0.392 e. The Morgan fingerprint density at radius 3 is 2.93 bits per heavy atom. The minimum absolute atomic E-state index is 0.0379. The van der Waals surface area contributed by atoms with Gasteiger partial charge in [-0.3, -0.25) is 4.79 Å². The molecule has 0 bridgehead atoms. The topological polar surface area (TPSA) is 86.7 Å². The summed E-state index contributed by atoms with van der Waals surface area (Å²) in [5.41, 5.74) is 1.75. The maximum atomic E-state index is 13.0. The Balaban J connectivity index is 1.78. The molecule has 6 nitrogen and oxygen atoms in total. The fourth-order valence-electron chi connectivity index (χ4n) is 3.11. The molecule has 0 unspecified atom stereocenters. The number of aliphatic hydroxyl groups excluding tert-OH is 1. The molecule has 3 rings (SSSR count). The van der Waals surface area contributed by atoms with Crippen molar-refractivity contribution in [2.24, 2.45) is 0 Å². The minimum atomic E-state index is -3.99. The molecule has 1 heterocycles. The summed E-state index contributed by atoms with van der Waals surface area (Å²) in [7, 11) is -3.99. The maximum Gasteiger partial charge on any atom is 0.251 e. The molecule has 1 aliphatic carbocycles. The molecule has 8 heteroatoms. The Morgan fingerprint density at radius 1 is 1.39 bits per heavy atom. The fraction of sp³-hybridized carbons (Fsp3) is 0.350. The second-order valence-electron chi connectivity index (χ2n) is 6.85. The van der Waals surface area contributed by atoms with Crippen molar-refractivity contribution in [3.63, 3.8) is 0 Å². The number of β-amino-alcohol motifs (C(OH)–C–C–N with tert-alkyl or cyclic N) is 1. The third kappa shape index (κ3) is 4.65. The molecule has 1 fully saturated rings. The van der Waals surface area contributed by atoms with Crippen LogP contribution in [-0.2, 0) is 21.4 Å². The number of sulfonamides is 1. The van der Waals surface area contributed by atoms with Crippen LogP contribution in [0.4, 0.5) is 0 Å². The number of allylic oxidation sites excluding steroid dienone is 4. The maximum absolute atomic E-state index is 13.0. The quantitative estimate of drug-likeness (QED) is 0.713. The van der Waals surface area contributed by atoms with E-state index in [1.54, 1.807) is 24.3 Å². The number of carbonyl (C=O) groups excluding carboxylic acids is 1. The second kappa shape index (κ2) is 8.50. The first kappa shape index (κ1) is 20.6. The average Bonchev–Trinajstić information content (AvgIpc) is 2.91. The van der Waals surface area contributed by atoms with Crippen molar-refractivity contribution in [3.8, 4) is 11.8 Å². The molecular weight excluding hydrogens is 400 g/mol. The molecule has 2 atom stereocenters. The van der Waals surface area contributed by atoms with E-state index in [0.717, 1.165) is 15.4 Å². The highest BCUT2D eigenvalue weighted by molar-refractivity contribution is 7.93. The zero-order valence-electron chi connectivity index (χ0n) is 15.4. The molecule has 0 saturated carbocycles. The number of halogens is 1. The third-order valence-electron chi connectivity index (χ3n) is 4.58. The molecule has 2 N–H and O–H groups in total. The monoisotopic (exact) mass is 420 g/mol. The van der Waals surface area contributed by atoms with Gasteiger partial charge in [-0.2, -0.15) is 4.31 Å². The van der Waals surface area contributed by atoms with Crippen LogP contribution in [0.5, 0.6) is 0 Å². The highest BCUT2D eigenvalue weighted by Crippen LogP contribution is 2.26. The number of aliphatic hydroxyl groups is 1. The number of carbonyl (C=O) groups is 1. The van der Waals surface area contributed by atoms with Gasteiger partial charge in [0.2, 0.25) is 5.91 Å². The Hall–Kier alpha value is -2.11. The molecule has 28 heavy (non-hydrogen) atoms. The summed E-state index contributed by atoms with van der Waals surface area (Å²) in [4.78, 5) is 12.6. The predicted octanol–water partition coefficient (Wildman–Crippen LogP) is 1.96. The van der Waals surface area contributed by atoms with Gasteiger partial charge in [-0.1, -0.05) is 47.2 Å². The Morgan fingerprint density at radius 2 is 2.18 bits per heavy atom. The molecule has 1 aromatic rings. The van der Waals surface area contributed by atoms with E-state index in [4.69, 9.17) is 11.6 Å². The van der Waals surface area contributed by atoms with Crippen molar-refractivity contribution in [2.45, 2.75) is 38.5 Å². The van der Waals surface area contributed by atoms with Crippen molar-refractivity contribution in [3.05, 3.63) is 57.5 Å². The zero-order valence-corrected chi connectivity index (χ0v) is 16.9. The number of nitrogens with zero attached hydrogens (tertiary/aromatic N) is 1. The van der Waals surface area contributed by atoms with Crippen molar-refractivity contribution < 1.29 is 18.3 Å². The summed E-state index contributed by atoms with van der Waals surface area (Å²) >= 11 is 5.94. The second-order valence-corrected chi connectivity index (χ2v) is 9.15. The van der Waals surface area contributed by atoms with Crippen LogP contribution in [-0.4, -0.2) is 42.4 Å². The van der Waals surface area contributed by atoms with Gasteiger partial charge in [0.25, 0.3) is 10.0 Å². The number of amides is 1. The number of rotatable bonds is 5. The third-order valence-corrected chi connectivity index (χ3v) is 6.63. The van der Waals surface area contributed by atoms with Crippen LogP contribution in [0.1, 0.15) is 25.3 Å². The lowest BCUT2D eigenvalue weighted by molar-refractivity contribution is -0.124. The van der Waals surface area contributed by atoms with Gasteiger partial charge in [-0.15, -0.1) is 0 Å². The van der Waals surface area contributed by atoms with E-state index < -0.39 is 28.1 Å². The summed E-state index contributed by atoms with van der Waals surface area (Å²) in [5.74, 6) is 5.02. The summed E-state index contributed by atoms with van der Waals surface area (Å²) in [6.07, 6.45) is 2.77. The van der Waals surface area contributed by atoms with Crippen LogP contribution in [0.15, 0.2) is 46.9 Å². The van der Waals surface area contributed by atoms with E-state index >= 15 is 0 Å². The summed E-state index contributed by atoms with van der Waals surface area (Å²) < 4.78 is 27.1. The highest BCUT2D eigenvalue weighted by Gasteiger charge is 2.43. The van der Waals surface area contributed by atoms with Gasteiger partial charge in [0.15, 0.2) is 0 Å². The van der Waals surface area contributed by atoms with Crippen LogP contribution < -0.4 is 5.32 Å². The van der Waals surface area contributed by atoms with Gasteiger partial charge in [0, 0.05) is 31.0 Å². The zero-order chi connectivity index (χ0) is 20.3. The van der Waals surface area contributed by atoms with Crippen molar-refractivity contribution >= 4 is 27.5 Å². The first-order valence-corrected chi connectivity index (χ1v) is 10.7. The van der Waals surface area contributed by atoms with Crippen LogP contribution >= 0.6 is 11.6 Å². The normalized spacial score (nSPS) is 22.5. The molecule has 1 aliphatic heterocycles. The fourth-order valence-corrected chi connectivity index (χ4v) is 4.90. The molecule has 0 radical (unpaired) electrons. The van der Waals surface area contributed by atoms with Gasteiger partial charge in [-0.25, -0.2) is 8.42 Å². The molecule has 1 aromatic carbocycles. The molecule has 1 saturated heterocycles. The van der Waals surface area contributed by atoms with Crippen molar-refractivity contribution in [2.75, 3.05) is 6.54 Å². The average molecular weight is 421 g/mol. The molecule has 0 aromatic heterocycles. The van der Waals surface area contributed by atoms with E-state index in [1.807, 2.05) is 13.0 Å². The lowest BCUT2D eigenvalue weighted by Gasteiger charge is -2.23. The number of hydrogen-bond donors (Lipinski definition) is 2. The first-order valence-electron chi connectivity index (χ1n) is 8.86. The first-order chi connectivity index (χ1) is 13.3. The summed E-state index contributed by atoms with van der Waals surface area (Å²) in [5, 5.41) is 13.3. The van der Waals surface area contributed by atoms with Gasteiger partial charge in [0.1, 0.15) is 10.9 Å². The van der Waals surface area contributed by atoms with E-state index in [1.165, 1.54) is 6.08 Å². The lowest BCUT2D eigenvalue weighted by atomic mass is 10.2. The smallest absolute Gasteiger partial charge is 0.251 e. The molecule has 2 aliphatic rings. The summed E-state index contributed by atoms with van der Waals surface area (Å²) in [6.45, 7) is 1.94. The van der Waals surface area contributed by atoms with Gasteiger partial charge in [0.05, 0.1) is 6.10 Å². The SMILES string of the molecule is CC1=CC=C(S(=O)(=O)N2C[C@H](O)C[C@H]2C(=O)NCc2cccc(Cl)c2)C#CC1. The lowest BCUT2D eigenvalue weighted by Crippen LogP contribution is -2.45. The highest BCUT2D eigenvalue weighted by atomic mass is 35.5. The summed E-state index contributed by atoms with van der Waals surface area (Å²) in [6, 6.07) is 6.04. The van der Waals surface area contributed by atoms with Gasteiger partial charge in [-0.05, 0) is 30.7 Å². The predicted molar refractivity (Wildman–Crippen MR) is 108 cm³/mol. The van der Waals surface area contributed by atoms with Crippen molar-refractivity contribution in [1.82, 2.24) is 9.62 Å². The van der Waals surface area contributed by atoms with E-state index in [-0.39, 0.29) is 24.4 Å². The van der Waals surface area contributed by atoms with E-state index in [9.17, 15) is 18.3 Å². The van der Waals surface area contributed by atoms with Crippen molar-refractivity contribution in [1.29, 1.82) is 0 Å². The Labute approximate surface area is 169 Å². The molecular formula is C20H21ClN2O4S. The molecule has 148 valence electrons. The van der Waals surface area contributed by atoms with Gasteiger partial charge >= 0.3 is 0 Å². The van der Waals surface area contributed by atoms with Crippen LogP contribution in [0.25, 0.3) is 0 Å². The van der Waals surface area contributed by atoms with Gasteiger partial charge < -0.3 is 10.4 Å². The number of nitrogens with one attached hydrogen (secondary N) is 1.